The summed E-state index contributed by atoms with van der Waals surface area (Å²) in [4.78, 5) is 28.9. The Morgan fingerprint density at radius 1 is 1.00 bits per heavy atom. The highest BCUT2D eigenvalue weighted by atomic mass is 16.5. The fraction of sp³-hybridized carbons (Fsp3) is 0.619. The van der Waals surface area contributed by atoms with Gasteiger partial charge in [0.05, 0.1) is 14.2 Å². The third-order valence-electron chi connectivity index (χ3n) is 5.69. The summed E-state index contributed by atoms with van der Waals surface area (Å²) >= 11 is 0. The number of carbonyl (C=O) groups excluding carboxylic acids is 2. The van der Waals surface area contributed by atoms with E-state index in [2.05, 4.69) is 0 Å². The number of carbonyl (C=O) groups is 2. The van der Waals surface area contributed by atoms with E-state index in [-0.39, 0.29) is 17.7 Å². The molecule has 27 heavy (non-hydrogen) atoms. The molecule has 0 spiro atoms. The smallest absolute Gasteiger partial charge is 0.226 e. The predicted molar refractivity (Wildman–Crippen MR) is 103 cm³/mol. The first-order chi connectivity index (χ1) is 13.1. The molecule has 2 aliphatic rings. The van der Waals surface area contributed by atoms with Gasteiger partial charge in [0.25, 0.3) is 0 Å². The molecule has 2 amide bonds. The minimum absolute atomic E-state index is 0.0253. The molecule has 0 aliphatic carbocycles. The first-order valence-corrected chi connectivity index (χ1v) is 9.87. The predicted octanol–water partition coefficient (Wildman–Crippen LogP) is 2.63. The summed E-state index contributed by atoms with van der Waals surface area (Å²) in [7, 11) is 3.27. The lowest BCUT2D eigenvalue weighted by Gasteiger charge is -2.36. The second kappa shape index (κ2) is 8.63. The summed E-state index contributed by atoms with van der Waals surface area (Å²) in [6, 6.07) is 4.01. The Hall–Kier alpha value is -2.24. The van der Waals surface area contributed by atoms with E-state index in [4.69, 9.17) is 9.47 Å². The number of benzene rings is 1. The maximum atomic E-state index is 13.0. The van der Waals surface area contributed by atoms with Gasteiger partial charge in [-0.15, -0.1) is 0 Å². The van der Waals surface area contributed by atoms with Gasteiger partial charge in [0.2, 0.25) is 11.8 Å². The van der Waals surface area contributed by atoms with E-state index in [0.29, 0.717) is 31.8 Å². The number of rotatable bonds is 5. The number of amides is 2. The molecule has 6 heteroatoms. The van der Waals surface area contributed by atoms with Crippen LogP contribution in [0, 0.1) is 5.92 Å². The van der Waals surface area contributed by atoms with Crippen LogP contribution in [0.1, 0.15) is 43.7 Å². The molecule has 0 aromatic heterocycles. The Balaban J connectivity index is 1.62. The van der Waals surface area contributed by atoms with Crippen molar-refractivity contribution in [2.24, 2.45) is 5.92 Å². The monoisotopic (exact) mass is 374 g/mol. The van der Waals surface area contributed by atoms with Gasteiger partial charge in [-0.05, 0) is 48.9 Å². The largest absolute Gasteiger partial charge is 0.493 e. The Bertz CT molecular complexity index is 696. The summed E-state index contributed by atoms with van der Waals surface area (Å²) in [6.07, 6.45) is 3.84. The molecule has 1 aromatic rings. The molecule has 1 saturated heterocycles. The summed E-state index contributed by atoms with van der Waals surface area (Å²) < 4.78 is 10.8. The third-order valence-corrected chi connectivity index (χ3v) is 5.69. The summed E-state index contributed by atoms with van der Waals surface area (Å²) in [6.45, 7) is 4.77. The highest BCUT2D eigenvalue weighted by molar-refractivity contribution is 5.80. The van der Waals surface area contributed by atoms with E-state index in [9.17, 15) is 9.59 Å². The van der Waals surface area contributed by atoms with Crippen molar-refractivity contribution >= 4 is 11.8 Å². The van der Waals surface area contributed by atoms with E-state index >= 15 is 0 Å². The number of likely N-dealkylation sites (tertiary alicyclic amines) is 1. The molecule has 148 valence electrons. The van der Waals surface area contributed by atoms with Crippen molar-refractivity contribution in [2.75, 3.05) is 33.9 Å². The van der Waals surface area contributed by atoms with Gasteiger partial charge in [-0.3, -0.25) is 9.59 Å². The lowest BCUT2D eigenvalue weighted by atomic mass is 9.92. The molecule has 2 aliphatic heterocycles. The van der Waals surface area contributed by atoms with Gasteiger partial charge in [0, 0.05) is 38.5 Å². The van der Waals surface area contributed by atoms with Gasteiger partial charge in [-0.25, -0.2) is 0 Å². The van der Waals surface area contributed by atoms with Crippen LogP contribution < -0.4 is 9.47 Å². The standard InChI is InChI=1S/C21H30N2O4/c1-4-5-20(24)22-9-6-15(7-10-22)21(25)23-11-8-16-12-18(26-2)19(27-3)13-17(16)14-23/h12-13,15H,4-11,14H2,1-3H3. The van der Waals surface area contributed by atoms with Crippen LogP contribution in [0.2, 0.25) is 0 Å². The molecular formula is C21H30N2O4. The fourth-order valence-corrected chi connectivity index (χ4v) is 4.08. The zero-order valence-electron chi connectivity index (χ0n) is 16.6. The fourth-order valence-electron chi connectivity index (χ4n) is 4.08. The third kappa shape index (κ3) is 4.20. The van der Waals surface area contributed by atoms with Crippen LogP contribution in [0.4, 0.5) is 0 Å². The number of nitrogens with zero attached hydrogens (tertiary/aromatic N) is 2. The van der Waals surface area contributed by atoms with E-state index in [1.165, 1.54) is 5.56 Å². The molecule has 0 atom stereocenters. The Morgan fingerprint density at radius 3 is 2.22 bits per heavy atom. The van der Waals surface area contributed by atoms with Gasteiger partial charge in [-0.1, -0.05) is 6.92 Å². The SMILES string of the molecule is CCCC(=O)N1CCC(C(=O)N2CCc3cc(OC)c(OC)cc3C2)CC1. The Kier molecular flexibility index (Phi) is 6.24. The molecule has 0 bridgehead atoms. The maximum absolute atomic E-state index is 13.0. The van der Waals surface area contributed by atoms with Crippen molar-refractivity contribution in [3.8, 4) is 11.5 Å². The minimum Gasteiger partial charge on any atom is -0.493 e. The molecule has 2 heterocycles. The highest BCUT2D eigenvalue weighted by Crippen LogP contribution is 2.34. The summed E-state index contributed by atoms with van der Waals surface area (Å²) in [5.74, 6) is 1.90. The van der Waals surface area contributed by atoms with Gasteiger partial charge in [-0.2, -0.15) is 0 Å². The molecule has 0 saturated carbocycles. The lowest BCUT2D eigenvalue weighted by Crippen LogP contribution is -2.45. The number of methoxy groups -OCH3 is 2. The second-order valence-corrected chi connectivity index (χ2v) is 7.39. The number of piperidine rings is 1. The second-order valence-electron chi connectivity index (χ2n) is 7.39. The van der Waals surface area contributed by atoms with Crippen LogP contribution in [-0.2, 0) is 22.6 Å². The molecule has 0 radical (unpaired) electrons. The normalized spacial score (nSPS) is 17.4. The average molecular weight is 374 g/mol. The molecule has 3 rings (SSSR count). The van der Waals surface area contributed by atoms with Crippen molar-refractivity contribution in [3.63, 3.8) is 0 Å². The van der Waals surface area contributed by atoms with Gasteiger partial charge in [0.15, 0.2) is 11.5 Å². The quantitative estimate of drug-likeness (QED) is 0.795. The summed E-state index contributed by atoms with van der Waals surface area (Å²) in [5, 5.41) is 0. The van der Waals surface area contributed by atoms with Crippen LogP contribution in [0.3, 0.4) is 0 Å². The molecule has 1 aromatic carbocycles. The van der Waals surface area contributed by atoms with Crippen LogP contribution in [0.25, 0.3) is 0 Å². The van der Waals surface area contributed by atoms with E-state index < -0.39 is 0 Å². The van der Waals surface area contributed by atoms with Crippen LogP contribution in [0.15, 0.2) is 12.1 Å². The molecule has 0 unspecified atom stereocenters. The lowest BCUT2D eigenvalue weighted by molar-refractivity contribution is -0.141. The van der Waals surface area contributed by atoms with Gasteiger partial charge >= 0.3 is 0 Å². The number of ether oxygens (including phenoxy) is 2. The number of hydrogen-bond donors (Lipinski definition) is 0. The van der Waals surface area contributed by atoms with Crippen molar-refractivity contribution in [3.05, 3.63) is 23.3 Å². The Labute approximate surface area is 161 Å². The summed E-state index contributed by atoms with van der Waals surface area (Å²) in [5.41, 5.74) is 2.35. The number of hydrogen-bond acceptors (Lipinski definition) is 4. The first kappa shape index (κ1) is 19.5. The highest BCUT2D eigenvalue weighted by Gasteiger charge is 2.31. The number of fused-ring (bicyclic) bond motifs is 1. The van der Waals surface area contributed by atoms with Crippen molar-refractivity contribution < 1.29 is 19.1 Å². The van der Waals surface area contributed by atoms with Crippen molar-refractivity contribution in [2.45, 2.75) is 45.6 Å². The topological polar surface area (TPSA) is 59.1 Å². The van der Waals surface area contributed by atoms with Gasteiger partial charge in [0.1, 0.15) is 0 Å². The Morgan fingerprint density at radius 2 is 1.63 bits per heavy atom. The molecule has 1 fully saturated rings. The minimum atomic E-state index is 0.0253. The van der Waals surface area contributed by atoms with Crippen LogP contribution in [-0.4, -0.2) is 55.5 Å². The van der Waals surface area contributed by atoms with Crippen LogP contribution >= 0.6 is 0 Å². The first-order valence-electron chi connectivity index (χ1n) is 9.87. The van der Waals surface area contributed by atoms with Crippen LogP contribution in [0.5, 0.6) is 11.5 Å². The van der Waals surface area contributed by atoms with E-state index in [0.717, 1.165) is 43.5 Å². The average Bonchev–Trinajstić information content (AvgIpc) is 2.72. The van der Waals surface area contributed by atoms with Crippen molar-refractivity contribution in [1.29, 1.82) is 0 Å². The van der Waals surface area contributed by atoms with Crippen molar-refractivity contribution in [1.82, 2.24) is 9.80 Å². The molecule has 0 N–H and O–H groups in total. The van der Waals surface area contributed by atoms with E-state index in [1.54, 1.807) is 14.2 Å². The zero-order chi connectivity index (χ0) is 19.4. The zero-order valence-corrected chi connectivity index (χ0v) is 16.6. The molecular weight excluding hydrogens is 344 g/mol. The van der Waals surface area contributed by atoms with E-state index in [1.807, 2.05) is 28.9 Å². The molecule has 6 nitrogen and oxygen atoms in total. The van der Waals surface area contributed by atoms with Gasteiger partial charge < -0.3 is 19.3 Å². The maximum Gasteiger partial charge on any atom is 0.226 e.